The molecule has 0 aliphatic heterocycles. The van der Waals surface area contributed by atoms with Crippen molar-refractivity contribution in [2.24, 2.45) is 0 Å². The maximum Gasteiger partial charge on any atom is 0.316 e. The fraction of sp³-hybridized carbons (Fsp3) is 0.857. The molecule has 0 saturated heterocycles. The molecule has 0 aromatic carbocycles. The molecular weight excluding hydrogens is 574 g/mol. The Hall–Kier alpha value is -2.10. The van der Waals surface area contributed by atoms with Crippen LogP contribution >= 0.6 is 12.3 Å². The van der Waals surface area contributed by atoms with Crippen molar-refractivity contribution >= 4 is 29.7 Å². The molecule has 0 aromatic rings. The third-order valence-electron chi connectivity index (χ3n) is 7.52. The van der Waals surface area contributed by atoms with Crippen LogP contribution in [0.5, 0.6) is 0 Å². The molecule has 0 N–H and O–H groups in total. The quantitative estimate of drug-likeness (QED) is 0.0403. The van der Waals surface area contributed by atoms with Crippen LogP contribution in [0.15, 0.2) is 0 Å². The van der Waals surface area contributed by atoms with Crippen LogP contribution in [0.3, 0.4) is 0 Å². The predicted molar refractivity (Wildman–Crippen MR) is 180 cm³/mol. The SMILES string of the molecule is CCCCCCCCCC(=O)CN(CC(=O)CCCCCCCCC)CC(=O)CCCCCCCCC.N#COSOC#N. The number of nitrogens with zero attached hydrogens (tertiary/aromatic N) is 3. The Morgan fingerprint density at radius 2 is 0.727 bits per heavy atom. The molecule has 0 aliphatic carbocycles. The summed E-state index contributed by atoms with van der Waals surface area (Å²) in [5.74, 6) is 0.544. The highest BCUT2D eigenvalue weighted by molar-refractivity contribution is 7.90. The Morgan fingerprint density at radius 3 is 0.977 bits per heavy atom. The van der Waals surface area contributed by atoms with Crippen molar-refractivity contribution in [3.63, 3.8) is 0 Å². The van der Waals surface area contributed by atoms with Crippen LogP contribution in [0.25, 0.3) is 0 Å². The molecule has 0 saturated carbocycles. The van der Waals surface area contributed by atoms with Gasteiger partial charge in [-0.2, -0.15) is 0 Å². The summed E-state index contributed by atoms with van der Waals surface area (Å²) >= 11 is 0.331. The first kappa shape index (κ1) is 44.0. The van der Waals surface area contributed by atoms with Crippen molar-refractivity contribution < 1.29 is 22.7 Å². The van der Waals surface area contributed by atoms with Gasteiger partial charge in [0.25, 0.3) is 0 Å². The Balaban J connectivity index is 0. The molecule has 0 bridgehead atoms. The lowest BCUT2D eigenvalue weighted by Gasteiger charge is -2.20. The van der Waals surface area contributed by atoms with E-state index in [1.54, 1.807) is 0 Å². The van der Waals surface area contributed by atoms with Gasteiger partial charge < -0.3 is 8.37 Å². The van der Waals surface area contributed by atoms with Gasteiger partial charge in [0.1, 0.15) is 17.3 Å². The zero-order valence-electron chi connectivity index (χ0n) is 28.4. The van der Waals surface area contributed by atoms with Crippen molar-refractivity contribution in [3.8, 4) is 12.5 Å². The molecule has 9 heteroatoms. The number of hydrogen-bond acceptors (Lipinski definition) is 9. The van der Waals surface area contributed by atoms with E-state index in [-0.39, 0.29) is 37.0 Å². The molecule has 0 spiro atoms. The van der Waals surface area contributed by atoms with E-state index < -0.39 is 0 Å². The Kier molecular flexibility index (Phi) is 37.1. The summed E-state index contributed by atoms with van der Waals surface area (Å²) in [4.78, 5) is 39.8. The van der Waals surface area contributed by atoms with Crippen molar-refractivity contribution in [2.75, 3.05) is 19.6 Å². The minimum atomic E-state index is 0.181. The largest absolute Gasteiger partial charge is 0.316 e. The highest BCUT2D eigenvalue weighted by atomic mass is 32.2. The number of rotatable bonds is 32. The second-order valence-corrected chi connectivity index (χ2v) is 12.3. The number of unbranched alkanes of at least 4 members (excludes halogenated alkanes) is 18. The van der Waals surface area contributed by atoms with Gasteiger partial charge in [-0.25, -0.2) is 0 Å². The van der Waals surface area contributed by atoms with Crippen LogP contribution in [0.1, 0.15) is 175 Å². The number of ketones is 3. The smallest absolute Gasteiger partial charge is 0.311 e. The van der Waals surface area contributed by atoms with Crippen LogP contribution < -0.4 is 0 Å². The van der Waals surface area contributed by atoms with Gasteiger partial charge in [0, 0.05) is 19.3 Å². The third-order valence-corrected chi connectivity index (χ3v) is 7.81. The van der Waals surface area contributed by atoms with Crippen LogP contribution in [0, 0.1) is 23.0 Å². The number of carbonyl (C=O) groups is 3. The van der Waals surface area contributed by atoms with Gasteiger partial charge in [-0.3, -0.25) is 19.3 Å². The summed E-state index contributed by atoms with van der Waals surface area (Å²) in [7, 11) is 0. The van der Waals surface area contributed by atoms with E-state index in [4.69, 9.17) is 10.5 Å². The molecule has 0 rings (SSSR count). The lowest BCUT2D eigenvalue weighted by atomic mass is 10.0. The standard InChI is InChI=1S/C33H63NO3.C2N2O2S/c1-4-7-10-13-16-19-22-25-31(35)28-34(29-32(36)26-23-20-17-14-11-8-5-2)30-33(37)27-24-21-18-15-12-9-6-3;3-1-5-7-6-2-4/h4-30H2,1-3H3;. The molecule has 0 radical (unpaired) electrons. The van der Waals surface area contributed by atoms with E-state index in [2.05, 4.69) is 29.1 Å². The lowest BCUT2D eigenvalue weighted by molar-refractivity contribution is -0.125. The van der Waals surface area contributed by atoms with Gasteiger partial charge in [0.15, 0.2) is 0 Å². The maximum atomic E-state index is 12.7. The van der Waals surface area contributed by atoms with Crippen molar-refractivity contribution in [2.45, 2.75) is 175 Å². The second kappa shape index (κ2) is 37.1. The predicted octanol–water partition coefficient (Wildman–Crippen LogP) is 9.96. The summed E-state index contributed by atoms with van der Waals surface area (Å²) in [6.07, 6.45) is 29.3. The van der Waals surface area contributed by atoms with Gasteiger partial charge in [-0.1, -0.05) is 136 Å². The van der Waals surface area contributed by atoms with E-state index >= 15 is 0 Å². The minimum Gasteiger partial charge on any atom is -0.311 e. The molecule has 0 amide bonds. The van der Waals surface area contributed by atoms with Crippen molar-refractivity contribution in [3.05, 3.63) is 0 Å². The van der Waals surface area contributed by atoms with Crippen LogP contribution in [-0.2, 0) is 22.7 Å². The fourth-order valence-corrected chi connectivity index (χ4v) is 5.13. The third kappa shape index (κ3) is 36.1. The molecule has 44 heavy (non-hydrogen) atoms. The monoisotopic (exact) mass is 637 g/mol. The number of Topliss-reactive ketones (excluding diaryl/α,β-unsaturated/α-hetero) is 3. The molecule has 0 unspecified atom stereocenters. The summed E-state index contributed by atoms with van der Waals surface area (Å²) < 4.78 is 7.70. The lowest BCUT2D eigenvalue weighted by Crippen LogP contribution is -2.38. The summed E-state index contributed by atoms with van der Waals surface area (Å²) in [5, 5.41) is 15.2. The van der Waals surface area contributed by atoms with Gasteiger partial charge in [0.2, 0.25) is 0 Å². The normalized spacial score (nSPS) is 10.4. The minimum absolute atomic E-state index is 0.181. The van der Waals surface area contributed by atoms with Crippen LogP contribution in [-0.4, -0.2) is 41.9 Å². The maximum absolute atomic E-state index is 12.7. The van der Waals surface area contributed by atoms with Crippen LogP contribution in [0.2, 0.25) is 0 Å². The molecule has 0 atom stereocenters. The Morgan fingerprint density at radius 1 is 0.477 bits per heavy atom. The molecule has 0 heterocycles. The average molecular weight is 638 g/mol. The van der Waals surface area contributed by atoms with Crippen molar-refractivity contribution in [1.29, 1.82) is 10.5 Å². The first-order valence-electron chi connectivity index (χ1n) is 17.5. The number of hydrogen-bond donors (Lipinski definition) is 0. The van der Waals surface area contributed by atoms with Crippen LogP contribution in [0.4, 0.5) is 0 Å². The first-order valence-corrected chi connectivity index (χ1v) is 18.2. The highest BCUT2D eigenvalue weighted by Gasteiger charge is 2.17. The van der Waals surface area contributed by atoms with E-state index in [1.807, 2.05) is 4.90 Å². The van der Waals surface area contributed by atoms with Gasteiger partial charge in [-0.15, -0.1) is 10.5 Å². The summed E-state index contributed by atoms with van der Waals surface area (Å²) in [5.41, 5.74) is 0. The van der Waals surface area contributed by atoms with Gasteiger partial charge in [-0.05, 0) is 19.3 Å². The fourth-order valence-electron chi connectivity index (χ4n) is 5.04. The molecule has 254 valence electrons. The Bertz CT molecular complexity index is 676. The molecule has 0 aromatic heterocycles. The van der Waals surface area contributed by atoms with E-state index in [9.17, 15) is 14.4 Å². The summed E-state index contributed by atoms with van der Waals surface area (Å²) in [6, 6.07) is 0. The van der Waals surface area contributed by atoms with E-state index in [0.29, 0.717) is 31.6 Å². The first-order chi connectivity index (χ1) is 21.4. The van der Waals surface area contributed by atoms with E-state index in [1.165, 1.54) is 109 Å². The molecular formula is C35H63N3O5S. The molecule has 0 aliphatic rings. The average Bonchev–Trinajstić information content (AvgIpc) is 3.00. The zero-order chi connectivity index (χ0) is 32.9. The topological polar surface area (TPSA) is 120 Å². The second-order valence-electron chi connectivity index (χ2n) is 11.8. The zero-order valence-corrected chi connectivity index (χ0v) is 29.2. The highest BCUT2D eigenvalue weighted by Crippen LogP contribution is 2.12. The summed E-state index contributed by atoms with van der Waals surface area (Å²) in [6.45, 7) is 7.43. The van der Waals surface area contributed by atoms with Gasteiger partial charge >= 0.3 is 24.8 Å². The van der Waals surface area contributed by atoms with Crippen molar-refractivity contribution in [1.82, 2.24) is 4.90 Å². The molecule has 8 nitrogen and oxygen atoms in total. The molecule has 0 fully saturated rings. The Labute approximate surface area is 274 Å². The van der Waals surface area contributed by atoms with Gasteiger partial charge in [0.05, 0.1) is 19.6 Å². The van der Waals surface area contributed by atoms with E-state index in [0.717, 1.165) is 38.5 Å². The number of nitriles is 2. The number of carbonyl (C=O) groups excluding carboxylic acids is 3.